The van der Waals surface area contributed by atoms with E-state index in [4.69, 9.17) is 9.47 Å². The molecule has 0 saturated carbocycles. The number of aryl methyl sites for hydroxylation is 1. The maximum atomic E-state index is 12.5. The number of thiophene rings is 1. The van der Waals surface area contributed by atoms with Gasteiger partial charge >= 0.3 is 0 Å². The Bertz CT molecular complexity index is 845. The number of hydrogen-bond donors (Lipinski definition) is 2. The van der Waals surface area contributed by atoms with Crippen molar-refractivity contribution in [2.75, 3.05) is 27.3 Å². The van der Waals surface area contributed by atoms with Gasteiger partial charge in [-0.1, -0.05) is 0 Å². The highest BCUT2D eigenvalue weighted by Gasteiger charge is 2.31. The number of benzene rings is 1. The van der Waals surface area contributed by atoms with Crippen LogP contribution in [0.5, 0.6) is 11.5 Å². The molecule has 8 heteroatoms. The third-order valence-electron chi connectivity index (χ3n) is 4.87. The van der Waals surface area contributed by atoms with Crippen molar-refractivity contribution < 1.29 is 19.1 Å². The Morgan fingerprint density at radius 1 is 1.24 bits per heavy atom. The first-order chi connectivity index (χ1) is 14.0. The molecule has 2 heterocycles. The van der Waals surface area contributed by atoms with E-state index in [0.29, 0.717) is 37.7 Å². The van der Waals surface area contributed by atoms with Crippen LogP contribution < -0.4 is 20.1 Å². The van der Waals surface area contributed by atoms with E-state index in [-0.39, 0.29) is 18.2 Å². The Morgan fingerprint density at radius 3 is 2.59 bits per heavy atom. The normalized spacial score (nSPS) is 16.9. The molecule has 1 fully saturated rings. The lowest BCUT2D eigenvalue weighted by atomic mass is 10.1. The molecule has 0 radical (unpaired) electrons. The van der Waals surface area contributed by atoms with E-state index in [1.54, 1.807) is 25.6 Å². The van der Waals surface area contributed by atoms with E-state index >= 15 is 0 Å². The average Bonchev–Trinajstić information content (AvgIpc) is 3.14. The van der Waals surface area contributed by atoms with Crippen molar-refractivity contribution in [2.24, 2.45) is 0 Å². The molecule has 156 valence electrons. The van der Waals surface area contributed by atoms with Crippen LogP contribution in [0, 0.1) is 6.92 Å². The fraction of sp³-hybridized carbons (Fsp3) is 0.429. The summed E-state index contributed by atoms with van der Waals surface area (Å²) < 4.78 is 10.7. The topological polar surface area (TPSA) is 79.9 Å². The number of ether oxygens (including phenoxy) is 2. The van der Waals surface area contributed by atoms with Crippen LogP contribution in [0.2, 0.25) is 0 Å². The van der Waals surface area contributed by atoms with Crippen molar-refractivity contribution in [1.82, 2.24) is 15.5 Å². The highest BCUT2D eigenvalue weighted by molar-refractivity contribution is 7.11. The summed E-state index contributed by atoms with van der Waals surface area (Å²) in [5.74, 6) is 1.14. The molecule has 29 heavy (non-hydrogen) atoms. The summed E-state index contributed by atoms with van der Waals surface area (Å²) in [6.45, 7) is 4.29. The summed E-state index contributed by atoms with van der Waals surface area (Å²) in [6, 6.07) is 9.19. The average molecular weight is 418 g/mol. The van der Waals surface area contributed by atoms with Crippen molar-refractivity contribution >= 4 is 23.2 Å². The van der Waals surface area contributed by atoms with Gasteiger partial charge in [0.2, 0.25) is 11.8 Å². The smallest absolute Gasteiger partial charge is 0.237 e. The summed E-state index contributed by atoms with van der Waals surface area (Å²) in [4.78, 5) is 29.3. The van der Waals surface area contributed by atoms with E-state index in [2.05, 4.69) is 10.6 Å². The quantitative estimate of drug-likeness (QED) is 0.688. The van der Waals surface area contributed by atoms with E-state index in [1.807, 2.05) is 42.2 Å². The van der Waals surface area contributed by atoms with Gasteiger partial charge in [-0.2, -0.15) is 0 Å². The minimum atomic E-state index is -0.508. The summed E-state index contributed by atoms with van der Waals surface area (Å²) >= 11 is 1.66. The predicted octanol–water partition coefficient (Wildman–Crippen LogP) is 2.08. The molecule has 1 aliphatic rings. The van der Waals surface area contributed by atoms with Gasteiger partial charge in [0.25, 0.3) is 0 Å². The Labute approximate surface area is 175 Å². The highest BCUT2D eigenvalue weighted by Crippen LogP contribution is 2.24. The van der Waals surface area contributed by atoms with Crippen LogP contribution in [-0.4, -0.2) is 50.1 Å². The predicted molar refractivity (Wildman–Crippen MR) is 112 cm³/mol. The van der Waals surface area contributed by atoms with Crippen LogP contribution in [0.3, 0.4) is 0 Å². The molecule has 1 aromatic heterocycles. The van der Waals surface area contributed by atoms with Crippen LogP contribution >= 0.6 is 11.3 Å². The van der Waals surface area contributed by atoms with Crippen LogP contribution in [0.25, 0.3) is 0 Å². The van der Waals surface area contributed by atoms with Gasteiger partial charge in [0, 0.05) is 35.5 Å². The first kappa shape index (κ1) is 21.1. The molecular formula is C21H27N3O4S. The standard InChI is InChI=1S/C21H27N3O4S/c1-14-4-5-18(29-14)12-23-20(25)11-19-21(26)22-6-7-24(19)13-15-8-16(27-2)10-17(9-15)28-3/h4-5,8-10,19H,6-7,11-13H2,1-3H3,(H,22,26)(H,23,25). The molecule has 2 aromatic rings. The molecule has 1 atom stereocenters. The fourth-order valence-electron chi connectivity index (χ4n) is 3.38. The van der Waals surface area contributed by atoms with E-state index < -0.39 is 6.04 Å². The molecule has 2 amide bonds. The van der Waals surface area contributed by atoms with Crippen molar-refractivity contribution in [3.8, 4) is 11.5 Å². The van der Waals surface area contributed by atoms with Crippen molar-refractivity contribution in [3.63, 3.8) is 0 Å². The molecule has 0 aliphatic carbocycles. The van der Waals surface area contributed by atoms with E-state index in [0.717, 1.165) is 10.4 Å². The number of amides is 2. The van der Waals surface area contributed by atoms with E-state index in [9.17, 15) is 9.59 Å². The van der Waals surface area contributed by atoms with Crippen LogP contribution in [0.1, 0.15) is 21.7 Å². The summed E-state index contributed by atoms with van der Waals surface area (Å²) in [6.07, 6.45) is 0.122. The van der Waals surface area contributed by atoms with Crippen LogP contribution in [0.4, 0.5) is 0 Å². The first-order valence-electron chi connectivity index (χ1n) is 9.54. The Morgan fingerprint density at radius 2 is 1.97 bits per heavy atom. The van der Waals surface area contributed by atoms with E-state index in [1.165, 1.54) is 4.88 Å². The van der Waals surface area contributed by atoms with Gasteiger partial charge < -0.3 is 20.1 Å². The number of piperazine rings is 1. The lowest BCUT2D eigenvalue weighted by Gasteiger charge is -2.34. The molecule has 0 spiro atoms. The second kappa shape index (κ2) is 9.76. The zero-order valence-electron chi connectivity index (χ0n) is 17.0. The number of carbonyl (C=O) groups excluding carboxylic acids is 2. The lowest BCUT2D eigenvalue weighted by molar-refractivity contribution is -0.134. The number of methoxy groups -OCH3 is 2. The molecule has 2 N–H and O–H groups in total. The third kappa shape index (κ3) is 5.71. The third-order valence-corrected chi connectivity index (χ3v) is 5.87. The maximum Gasteiger partial charge on any atom is 0.237 e. The minimum absolute atomic E-state index is 0.117. The van der Waals surface area contributed by atoms with Gasteiger partial charge in [-0.05, 0) is 36.8 Å². The molecule has 1 saturated heterocycles. The molecule has 0 bridgehead atoms. The highest BCUT2D eigenvalue weighted by atomic mass is 32.1. The number of nitrogens with one attached hydrogen (secondary N) is 2. The fourth-order valence-corrected chi connectivity index (χ4v) is 4.21. The Kier molecular flexibility index (Phi) is 7.11. The zero-order chi connectivity index (χ0) is 20.8. The van der Waals surface area contributed by atoms with Crippen molar-refractivity contribution in [3.05, 3.63) is 45.6 Å². The number of nitrogens with zero attached hydrogens (tertiary/aromatic N) is 1. The Hall–Kier alpha value is -2.58. The first-order valence-corrected chi connectivity index (χ1v) is 10.4. The molecule has 7 nitrogen and oxygen atoms in total. The second-order valence-electron chi connectivity index (χ2n) is 6.99. The van der Waals surface area contributed by atoms with Gasteiger partial charge in [0.1, 0.15) is 11.5 Å². The lowest BCUT2D eigenvalue weighted by Crippen LogP contribution is -2.56. The zero-order valence-corrected chi connectivity index (χ0v) is 17.8. The monoisotopic (exact) mass is 417 g/mol. The minimum Gasteiger partial charge on any atom is -0.497 e. The van der Waals surface area contributed by atoms with Gasteiger partial charge in [-0.3, -0.25) is 14.5 Å². The summed E-state index contributed by atoms with van der Waals surface area (Å²) in [5, 5.41) is 5.79. The number of carbonyl (C=O) groups is 2. The number of rotatable bonds is 8. The Balaban J connectivity index is 1.65. The second-order valence-corrected chi connectivity index (χ2v) is 8.36. The van der Waals surface area contributed by atoms with Crippen LogP contribution in [0.15, 0.2) is 30.3 Å². The van der Waals surface area contributed by atoms with Crippen LogP contribution in [-0.2, 0) is 22.7 Å². The summed E-state index contributed by atoms with van der Waals surface area (Å²) in [5.41, 5.74) is 0.968. The van der Waals surface area contributed by atoms with Gasteiger partial charge in [0.05, 0.1) is 33.2 Å². The molecule has 3 rings (SSSR count). The van der Waals surface area contributed by atoms with Gasteiger partial charge in [0.15, 0.2) is 0 Å². The van der Waals surface area contributed by atoms with Gasteiger partial charge in [-0.15, -0.1) is 11.3 Å². The van der Waals surface area contributed by atoms with Crippen molar-refractivity contribution in [2.45, 2.75) is 32.5 Å². The summed E-state index contributed by atoms with van der Waals surface area (Å²) in [7, 11) is 3.21. The molecule has 1 aromatic carbocycles. The maximum absolute atomic E-state index is 12.5. The molecule has 1 aliphatic heterocycles. The molecular weight excluding hydrogens is 390 g/mol. The largest absolute Gasteiger partial charge is 0.497 e. The number of hydrogen-bond acceptors (Lipinski definition) is 6. The van der Waals surface area contributed by atoms with Gasteiger partial charge in [-0.25, -0.2) is 0 Å². The van der Waals surface area contributed by atoms with Crippen molar-refractivity contribution in [1.29, 1.82) is 0 Å². The molecule has 1 unspecified atom stereocenters. The SMILES string of the molecule is COc1cc(CN2CCNC(=O)C2CC(=O)NCc2ccc(C)s2)cc(OC)c1.